The SMILES string of the molecule is Cc1cnc(Nc2ccc(OCCN3CCCC3)cc2)nc1Nc1csc2ccccc12. The second kappa shape index (κ2) is 9.54. The average Bonchev–Trinajstić information content (AvgIpc) is 3.48. The van der Waals surface area contributed by atoms with Crippen molar-refractivity contribution in [3.05, 3.63) is 65.7 Å². The number of nitrogens with zero attached hydrogens (tertiary/aromatic N) is 3. The normalized spacial score (nSPS) is 14.0. The van der Waals surface area contributed by atoms with Crippen molar-refractivity contribution in [3.63, 3.8) is 0 Å². The number of aromatic nitrogens is 2. The molecule has 0 amide bonds. The molecule has 32 heavy (non-hydrogen) atoms. The lowest BCUT2D eigenvalue weighted by atomic mass is 10.2. The molecule has 0 unspecified atom stereocenters. The zero-order chi connectivity index (χ0) is 21.8. The van der Waals surface area contributed by atoms with Crippen LogP contribution in [-0.4, -0.2) is 41.1 Å². The standard InChI is InChI=1S/C25H27N5OS/c1-18-16-26-25(29-24(18)28-22-17-32-23-7-3-2-6-21(22)23)27-19-8-10-20(11-9-19)31-15-14-30-12-4-5-13-30/h2-3,6-11,16-17H,4-5,12-15H2,1H3,(H2,26,27,28,29). The maximum atomic E-state index is 5.89. The predicted octanol–water partition coefficient (Wildman–Crippen LogP) is 5.96. The van der Waals surface area contributed by atoms with Crippen molar-refractivity contribution >= 4 is 44.6 Å². The van der Waals surface area contributed by atoms with E-state index in [2.05, 4.69) is 50.2 Å². The van der Waals surface area contributed by atoms with Crippen molar-refractivity contribution in [1.29, 1.82) is 0 Å². The van der Waals surface area contributed by atoms with Crippen molar-refractivity contribution in [2.24, 2.45) is 0 Å². The van der Waals surface area contributed by atoms with E-state index in [-0.39, 0.29) is 0 Å². The molecule has 0 aliphatic carbocycles. The molecule has 0 radical (unpaired) electrons. The topological polar surface area (TPSA) is 62.3 Å². The van der Waals surface area contributed by atoms with Gasteiger partial charge in [0.1, 0.15) is 18.2 Å². The third-order valence-electron chi connectivity index (χ3n) is 5.69. The number of nitrogens with one attached hydrogen (secondary N) is 2. The van der Waals surface area contributed by atoms with Crippen LogP contribution < -0.4 is 15.4 Å². The summed E-state index contributed by atoms with van der Waals surface area (Å²) >= 11 is 1.72. The summed E-state index contributed by atoms with van der Waals surface area (Å²) in [5, 5.41) is 10.1. The first kappa shape index (κ1) is 20.7. The number of thiophene rings is 1. The van der Waals surface area contributed by atoms with Crippen molar-refractivity contribution in [3.8, 4) is 5.75 Å². The molecule has 1 aliphatic heterocycles. The molecule has 2 N–H and O–H groups in total. The van der Waals surface area contributed by atoms with E-state index >= 15 is 0 Å². The fourth-order valence-electron chi connectivity index (χ4n) is 3.89. The van der Waals surface area contributed by atoms with Crippen LogP contribution in [0.25, 0.3) is 10.1 Å². The van der Waals surface area contributed by atoms with E-state index in [1.165, 1.54) is 36.0 Å². The molecule has 0 atom stereocenters. The van der Waals surface area contributed by atoms with Crippen LogP contribution in [0.2, 0.25) is 0 Å². The zero-order valence-electron chi connectivity index (χ0n) is 18.2. The molecule has 164 valence electrons. The van der Waals surface area contributed by atoms with E-state index in [0.29, 0.717) is 5.95 Å². The average molecular weight is 446 g/mol. The van der Waals surface area contributed by atoms with Gasteiger partial charge in [-0.15, -0.1) is 11.3 Å². The number of hydrogen-bond donors (Lipinski definition) is 2. The predicted molar refractivity (Wildman–Crippen MR) is 133 cm³/mol. The second-order valence-corrected chi connectivity index (χ2v) is 8.95. The van der Waals surface area contributed by atoms with Crippen molar-refractivity contribution in [1.82, 2.24) is 14.9 Å². The molecule has 7 heteroatoms. The fraction of sp³-hybridized carbons (Fsp3) is 0.280. The molecular formula is C25H27N5OS. The Balaban J connectivity index is 1.22. The molecule has 0 bridgehead atoms. The van der Waals surface area contributed by atoms with Crippen LogP contribution in [0.3, 0.4) is 0 Å². The third kappa shape index (κ3) is 4.84. The van der Waals surface area contributed by atoms with E-state index in [1.54, 1.807) is 11.3 Å². The Morgan fingerprint density at radius 2 is 1.84 bits per heavy atom. The highest BCUT2D eigenvalue weighted by Gasteiger charge is 2.11. The van der Waals surface area contributed by atoms with E-state index in [0.717, 1.165) is 41.7 Å². The first-order valence-corrected chi connectivity index (χ1v) is 11.9. The highest BCUT2D eigenvalue weighted by atomic mass is 32.1. The van der Waals surface area contributed by atoms with Gasteiger partial charge in [0.2, 0.25) is 5.95 Å². The Morgan fingerprint density at radius 3 is 2.69 bits per heavy atom. The summed E-state index contributed by atoms with van der Waals surface area (Å²) in [5.74, 6) is 2.24. The van der Waals surface area contributed by atoms with Crippen molar-refractivity contribution in [2.75, 3.05) is 36.9 Å². The summed E-state index contributed by atoms with van der Waals surface area (Å²) < 4.78 is 7.14. The summed E-state index contributed by atoms with van der Waals surface area (Å²) in [6.45, 7) is 6.12. The van der Waals surface area contributed by atoms with Gasteiger partial charge in [0, 0.05) is 39.5 Å². The Morgan fingerprint density at radius 1 is 1.03 bits per heavy atom. The lowest BCUT2D eigenvalue weighted by Gasteiger charge is -2.15. The number of likely N-dealkylation sites (tertiary alicyclic amines) is 1. The summed E-state index contributed by atoms with van der Waals surface area (Å²) in [6.07, 6.45) is 4.45. The molecule has 5 rings (SSSR count). The lowest BCUT2D eigenvalue weighted by Crippen LogP contribution is -2.25. The van der Waals surface area contributed by atoms with Crippen LogP contribution in [-0.2, 0) is 0 Å². The Kier molecular flexibility index (Phi) is 6.18. The number of fused-ring (bicyclic) bond motifs is 1. The molecule has 6 nitrogen and oxygen atoms in total. The van der Waals surface area contributed by atoms with Gasteiger partial charge in [0.15, 0.2) is 0 Å². The molecule has 3 heterocycles. The lowest BCUT2D eigenvalue weighted by molar-refractivity contribution is 0.238. The number of benzene rings is 2. The molecule has 2 aromatic heterocycles. The van der Waals surface area contributed by atoms with Crippen molar-refractivity contribution < 1.29 is 4.74 Å². The van der Waals surface area contributed by atoms with Crippen LogP contribution in [0.15, 0.2) is 60.1 Å². The summed E-state index contributed by atoms with van der Waals surface area (Å²) in [6, 6.07) is 16.3. The van der Waals surface area contributed by atoms with Gasteiger partial charge in [-0.25, -0.2) is 4.98 Å². The number of anilines is 4. The van der Waals surface area contributed by atoms with Crippen LogP contribution in [0.5, 0.6) is 5.75 Å². The second-order valence-electron chi connectivity index (χ2n) is 8.04. The highest BCUT2D eigenvalue weighted by molar-refractivity contribution is 7.17. The third-order valence-corrected chi connectivity index (χ3v) is 6.65. The fourth-order valence-corrected chi connectivity index (χ4v) is 4.79. The first-order valence-electron chi connectivity index (χ1n) is 11.0. The quantitative estimate of drug-likeness (QED) is 0.349. The van der Waals surface area contributed by atoms with E-state index in [4.69, 9.17) is 9.72 Å². The minimum Gasteiger partial charge on any atom is -0.492 e. The van der Waals surface area contributed by atoms with Crippen LogP contribution in [0.4, 0.5) is 23.1 Å². The number of rotatable bonds is 8. The monoisotopic (exact) mass is 445 g/mol. The maximum absolute atomic E-state index is 5.89. The molecule has 0 spiro atoms. The minimum atomic E-state index is 0.556. The number of ether oxygens (including phenoxy) is 1. The largest absolute Gasteiger partial charge is 0.492 e. The smallest absolute Gasteiger partial charge is 0.229 e. The van der Waals surface area contributed by atoms with Crippen LogP contribution >= 0.6 is 11.3 Å². The van der Waals surface area contributed by atoms with Gasteiger partial charge in [0.05, 0.1) is 5.69 Å². The minimum absolute atomic E-state index is 0.556. The van der Waals surface area contributed by atoms with Gasteiger partial charge in [-0.05, 0) is 63.2 Å². The van der Waals surface area contributed by atoms with E-state index < -0.39 is 0 Å². The van der Waals surface area contributed by atoms with Crippen molar-refractivity contribution in [2.45, 2.75) is 19.8 Å². The van der Waals surface area contributed by atoms with Crippen LogP contribution in [0, 0.1) is 6.92 Å². The summed E-state index contributed by atoms with van der Waals surface area (Å²) in [7, 11) is 0. The molecule has 2 aromatic carbocycles. The summed E-state index contributed by atoms with van der Waals surface area (Å²) in [4.78, 5) is 11.6. The van der Waals surface area contributed by atoms with Crippen LogP contribution in [0.1, 0.15) is 18.4 Å². The van der Waals surface area contributed by atoms with Gasteiger partial charge < -0.3 is 15.4 Å². The molecule has 0 saturated carbocycles. The first-order chi connectivity index (χ1) is 15.7. The van der Waals surface area contributed by atoms with Gasteiger partial charge in [-0.3, -0.25) is 4.90 Å². The highest BCUT2D eigenvalue weighted by Crippen LogP contribution is 2.32. The number of hydrogen-bond acceptors (Lipinski definition) is 7. The van der Waals surface area contributed by atoms with Gasteiger partial charge in [0.25, 0.3) is 0 Å². The Labute approximate surface area is 192 Å². The van der Waals surface area contributed by atoms with Gasteiger partial charge >= 0.3 is 0 Å². The molecule has 1 fully saturated rings. The summed E-state index contributed by atoms with van der Waals surface area (Å²) in [5.41, 5.74) is 2.98. The van der Waals surface area contributed by atoms with Gasteiger partial charge in [-0.1, -0.05) is 18.2 Å². The van der Waals surface area contributed by atoms with E-state index in [9.17, 15) is 0 Å². The van der Waals surface area contributed by atoms with Gasteiger partial charge in [-0.2, -0.15) is 4.98 Å². The number of aryl methyl sites for hydroxylation is 1. The molecular weight excluding hydrogens is 418 g/mol. The van der Waals surface area contributed by atoms with E-state index in [1.807, 2.05) is 37.4 Å². The Bertz CT molecular complexity index is 1180. The maximum Gasteiger partial charge on any atom is 0.229 e. The molecule has 1 aliphatic rings. The molecule has 1 saturated heterocycles. The Hall–Kier alpha value is -3.16. The zero-order valence-corrected chi connectivity index (χ0v) is 19.0. The molecule has 4 aromatic rings.